The fraction of sp³-hybridized carbons (Fsp3) is 0.0351. The zero-order chi connectivity index (χ0) is 43.6. The second kappa shape index (κ2) is 15.4. The molecule has 3 aliphatic heterocycles. The first-order valence-corrected chi connectivity index (χ1v) is 22.1. The number of benzene rings is 8. The summed E-state index contributed by atoms with van der Waals surface area (Å²) in [5, 5.41) is 0. The molecule has 13 rings (SSSR count). The number of aromatic nitrogens is 3. The summed E-state index contributed by atoms with van der Waals surface area (Å²) in [7, 11) is 0. The average Bonchev–Trinajstić information content (AvgIpc) is 3.39. The van der Waals surface area contributed by atoms with Crippen LogP contribution in [0.25, 0.3) is 34.2 Å². The monoisotopic (exact) mass is 854 g/mol. The molecule has 0 bridgehead atoms. The molecule has 9 nitrogen and oxygen atoms in total. The van der Waals surface area contributed by atoms with Gasteiger partial charge in [-0.1, -0.05) is 66.7 Å². The summed E-state index contributed by atoms with van der Waals surface area (Å²) in [5.41, 5.74) is 11.5. The predicted molar refractivity (Wildman–Crippen MR) is 260 cm³/mol. The number of hydrogen-bond donors (Lipinski definition) is 0. The molecule has 4 heterocycles. The molecule has 0 unspecified atom stereocenters. The summed E-state index contributed by atoms with van der Waals surface area (Å²) < 4.78 is 19.0. The summed E-state index contributed by atoms with van der Waals surface area (Å²) in [6, 6.07) is 65.8. The van der Waals surface area contributed by atoms with E-state index in [-0.39, 0.29) is 0 Å². The van der Waals surface area contributed by atoms with Crippen LogP contribution in [0, 0.1) is 0 Å². The van der Waals surface area contributed by atoms with Crippen LogP contribution in [0.15, 0.2) is 218 Å². The van der Waals surface area contributed by atoms with E-state index in [4.69, 9.17) is 29.2 Å². The Bertz CT molecular complexity index is 3170. The van der Waals surface area contributed by atoms with Crippen LogP contribution in [0.3, 0.4) is 0 Å². The number of hydrogen-bond acceptors (Lipinski definition) is 9. The van der Waals surface area contributed by atoms with Crippen LogP contribution in [-0.4, -0.2) is 15.0 Å². The lowest BCUT2D eigenvalue weighted by Gasteiger charge is -2.35. The second-order valence-electron chi connectivity index (χ2n) is 16.3. The van der Waals surface area contributed by atoms with Gasteiger partial charge >= 0.3 is 0 Å². The van der Waals surface area contributed by atoms with Gasteiger partial charge in [0.25, 0.3) is 0 Å². The van der Waals surface area contributed by atoms with Gasteiger partial charge in [0.1, 0.15) is 5.76 Å². The number of allylic oxidation sites excluding steroid dienone is 3. The smallest absolute Gasteiger partial charge is 0.164 e. The van der Waals surface area contributed by atoms with Crippen molar-refractivity contribution in [3.63, 3.8) is 0 Å². The van der Waals surface area contributed by atoms with E-state index in [2.05, 4.69) is 130 Å². The molecule has 0 amide bonds. The molecule has 0 spiro atoms. The fourth-order valence-corrected chi connectivity index (χ4v) is 9.21. The Morgan fingerprint density at radius 3 is 1.03 bits per heavy atom. The van der Waals surface area contributed by atoms with Crippen LogP contribution in [-0.2, 0) is 0 Å². The van der Waals surface area contributed by atoms with Crippen LogP contribution in [0.1, 0.15) is 12.8 Å². The molecule has 0 saturated heterocycles. The summed E-state index contributed by atoms with van der Waals surface area (Å²) in [6.07, 6.45) is 6.18. The summed E-state index contributed by atoms with van der Waals surface area (Å²) in [4.78, 5) is 22.2. The molecule has 0 N–H and O–H groups in total. The van der Waals surface area contributed by atoms with Crippen molar-refractivity contribution in [2.75, 3.05) is 14.7 Å². The van der Waals surface area contributed by atoms with Crippen molar-refractivity contribution in [1.82, 2.24) is 15.0 Å². The highest BCUT2D eigenvalue weighted by molar-refractivity contribution is 5.88. The minimum atomic E-state index is 0.567. The van der Waals surface area contributed by atoms with Crippen LogP contribution in [0.5, 0.6) is 28.7 Å². The molecule has 0 fully saturated rings. The second-order valence-corrected chi connectivity index (χ2v) is 16.3. The first kappa shape index (κ1) is 37.6. The maximum absolute atomic E-state index is 6.38. The summed E-state index contributed by atoms with van der Waals surface area (Å²) >= 11 is 0. The van der Waals surface area contributed by atoms with Gasteiger partial charge in [-0.05, 0) is 146 Å². The Morgan fingerprint density at radius 2 is 0.652 bits per heavy atom. The molecule has 4 aliphatic rings. The Balaban J connectivity index is 0.899. The lowest BCUT2D eigenvalue weighted by molar-refractivity contribution is 0.388. The van der Waals surface area contributed by atoms with Crippen molar-refractivity contribution in [2.24, 2.45) is 0 Å². The molecule has 9 aromatic rings. The van der Waals surface area contributed by atoms with Crippen LogP contribution in [0.2, 0.25) is 0 Å². The van der Waals surface area contributed by atoms with Gasteiger partial charge in [-0.25, -0.2) is 15.0 Å². The van der Waals surface area contributed by atoms with Crippen molar-refractivity contribution in [3.8, 4) is 62.9 Å². The molecule has 0 saturated carbocycles. The molecule has 1 aromatic heterocycles. The van der Waals surface area contributed by atoms with E-state index >= 15 is 0 Å². The van der Waals surface area contributed by atoms with Gasteiger partial charge in [0, 0.05) is 40.2 Å². The van der Waals surface area contributed by atoms with Crippen molar-refractivity contribution in [3.05, 3.63) is 218 Å². The number of nitrogens with zero attached hydrogens (tertiary/aromatic N) is 6. The molecule has 8 aromatic carbocycles. The first-order chi connectivity index (χ1) is 32.7. The quantitative estimate of drug-likeness (QED) is 0.162. The van der Waals surface area contributed by atoms with Crippen LogP contribution >= 0.6 is 0 Å². The van der Waals surface area contributed by atoms with Gasteiger partial charge in [-0.2, -0.15) is 0 Å². The fourth-order valence-electron chi connectivity index (χ4n) is 9.21. The number of para-hydroxylation sites is 10. The first-order valence-electron chi connectivity index (χ1n) is 22.1. The molecule has 66 heavy (non-hydrogen) atoms. The maximum Gasteiger partial charge on any atom is 0.164 e. The molecular weight excluding hydrogens is 817 g/mol. The molecule has 1 aliphatic carbocycles. The number of rotatable bonds is 6. The molecule has 0 radical (unpaired) electrons. The van der Waals surface area contributed by atoms with E-state index in [0.717, 1.165) is 115 Å². The average molecular weight is 855 g/mol. The highest BCUT2D eigenvalue weighted by Gasteiger charge is 2.30. The van der Waals surface area contributed by atoms with Gasteiger partial charge in [0.2, 0.25) is 0 Å². The van der Waals surface area contributed by atoms with Crippen molar-refractivity contribution in [2.45, 2.75) is 12.8 Å². The van der Waals surface area contributed by atoms with Crippen LogP contribution < -0.4 is 28.9 Å². The molecule has 9 heteroatoms. The third kappa shape index (κ3) is 6.36. The lowest BCUT2D eigenvalue weighted by Crippen LogP contribution is -2.24. The highest BCUT2D eigenvalue weighted by atomic mass is 16.5. The standard InChI is InChI=1S/C57H38N6O3/c1-7-19-49-43(13-1)61(44-14-2-8-20-50(44)64-49)40-31-25-37(26-32-40)55-58-56(38-27-33-41(34-28-38)62-45-15-3-9-21-51(45)65-52-22-10-4-16-46(52)62)60-57(59-55)39-29-35-42(36-30-39)63-47-17-5-11-23-53(47)66-54-24-12-6-18-48(54)63/h1-11,13-23,25-36H,12,24H2. The van der Waals surface area contributed by atoms with E-state index in [9.17, 15) is 0 Å². The largest absolute Gasteiger partial charge is 0.457 e. The van der Waals surface area contributed by atoms with Crippen molar-refractivity contribution >= 4 is 45.5 Å². The zero-order valence-electron chi connectivity index (χ0n) is 35.5. The van der Waals surface area contributed by atoms with Gasteiger partial charge in [-0.15, -0.1) is 0 Å². The number of ether oxygens (including phenoxy) is 3. The summed E-state index contributed by atoms with van der Waals surface area (Å²) in [5.74, 6) is 6.74. The lowest BCUT2D eigenvalue weighted by atomic mass is 10.0. The van der Waals surface area contributed by atoms with E-state index in [1.54, 1.807) is 0 Å². The number of anilines is 8. The topological polar surface area (TPSA) is 76.1 Å². The van der Waals surface area contributed by atoms with Gasteiger partial charge in [0.05, 0.1) is 34.1 Å². The maximum atomic E-state index is 6.38. The van der Waals surface area contributed by atoms with Gasteiger partial charge in [-0.3, -0.25) is 0 Å². The third-order valence-corrected chi connectivity index (χ3v) is 12.3. The van der Waals surface area contributed by atoms with Crippen LogP contribution in [0.4, 0.5) is 45.5 Å². The zero-order valence-corrected chi connectivity index (χ0v) is 35.5. The minimum Gasteiger partial charge on any atom is -0.457 e. The highest BCUT2D eigenvalue weighted by Crippen LogP contribution is 2.52. The van der Waals surface area contributed by atoms with Gasteiger partial charge in [0.15, 0.2) is 46.2 Å². The SMILES string of the molecule is C1=CC2=C(CC1)Oc1ccccc1N2c1ccc(-c2nc(-c3ccc(N4c5ccccc5Oc5ccccc54)cc3)nc(-c3ccc(N4c5ccccc5Oc5ccccc54)cc3)n2)cc1. The Labute approximate surface area is 381 Å². The molecule has 0 atom stereocenters. The Morgan fingerprint density at radius 1 is 0.333 bits per heavy atom. The third-order valence-electron chi connectivity index (χ3n) is 12.3. The Kier molecular flexibility index (Phi) is 8.77. The van der Waals surface area contributed by atoms with Crippen molar-refractivity contribution in [1.29, 1.82) is 0 Å². The Hall–Kier alpha value is -8.95. The molecular formula is C57H38N6O3. The number of fused-ring (bicyclic) bond motifs is 5. The van der Waals surface area contributed by atoms with E-state index < -0.39 is 0 Å². The van der Waals surface area contributed by atoms with E-state index in [0.29, 0.717) is 17.5 Å². The van der Waals surface area contributed by atoms with E-state index in [1.165, 1.54) is 0 Å². The van der Waals surface area contributed by atoms with Crippen molar-refractivity contribution < 1.29 is 14.2 Å². The summed E-state index contributed by atoms with van der Waals surface area (Å²) in [6.45, 7) is 0. The predicted octanol–water partition coefficient (Wildman–Crippen LogP) is 15.1. The van der Waals surface area contributed by atoms with E-state index in [1.807, 2.05) is 91.0 Å². The normalized spacial score (nSPS) is 14.1. The molecule has 314 valence electrons. The minimum absolute atomic E-state index is 0.567. The van der Waals surface area contributed by atoms with Gasteiger partial charge < -0.3 is 28.9 Å².